The van der Waals surface area contributed by atoms with E-state index in [9.17, 15) is 18.0 Å². The Morgan fingerprint density at radius 3 is 2.45 bits per heavy atom. The van der Waals surface area contributed by atoms with Gasteiger partial charge in [0.15, 0.2) is 5.78 Å². The number of aromatic nitrogens is 2. The highest BCUT2D eigenvalue weighted by Gasteiger charge is 2.30. The molecule has 0 saturated heterocycles. The third-order valence-corrected chi connectivity index (χ3v) is 5.25. The van der Waals surface area contributed by atoms with Gasteiger partial charge in [-0.3, -0.25) is 9.48 Å². The maximum absolute atomic E-state index is 12.9. The van der Waals surface area contributed by atoms with Gasteiger partial charge in [-0.1, -0.05) is 30.8 Å². The van der Waals surface area contributed by atoms with Gasteiger partial charge in [-0.25, -0.2) is 0 Å². The Morgan fingerprint density at radius 1 is 1.12 bits per heavy atom. The van der Waals surface area contributed by atoms with E-state index >= 15 is 0 Å². The number of Topliss-reactive ketones (excluding diaryl/α,β-unsaturated/α-hetero) is 1. The molecule has 0 spiro atoms. The maximum atomic E-state index is 12.9. The van der Waals surface area contributed by atoms with Gasteiger partial charge in [0.2, 0.25) is 0 Å². The van der Waals surface area contributed by atoms with E-state index in [4.69, 9.17) is 4.74 Å². The maximum Gasteiger partial charge on any atom is 0.416 e. The zero-order chi connectivity index (χ0) is 24.0. The van der Waals surface area contributed by atoms with Gasteiger partial charge >= 0.3 is 6.18 Å². The van der Waals surface area contributed by atoms with Gasteiger partial charge < -0.3 is 10.1 Å². The number of hydrogen-bond donors (Lipinski definition) is 1. The van der Waals surface area contributed by atoms with E-state index in [1.165, 1.54) is 19.1 Å². The van der Waals surface area contributed by atoms with E-state index in [-0.39, 0.29) is 5.78 Å². The second-order valence-electron chi connectivity index (χ2n) is 7.67. The lowest BCUT2D eigenvalue weighted by Gasteiger charge is -2.13. The highest BCUT2D eigenvalue weighted by molar-refractivity contribution is 5.92. The lowest BCUT2D eigenvalue weighted by atomic mass is 9.96. The number of carbonyl (C=O) groups is 1. The first kappa shape index (κ1) is 24.4. The fraction of sp³-hybridized carbons (Fsp3) is 0.280. The second-order valence-corrected chi connectivity index (χ2v) is 7.67. The summed E-state index contributed by atoms with van der Waals surface area (Å²) in [6, 6.07) is 12.7. The molecule has 0 aliphatic carbocycles. The van der Waals surface area contributed by atoms with E-state index in [1.54, 1.807) is 11.8 Å². The SMILES string of the molecule is C=C(CNCc1ccc(-c2ccc(C(F)(F)F)cc2)cc1-c1ccn(CCOC)n1)C(C)=O. The predicted octanol–water partition coefficient (Wildman–Crippen LogP) is 5.12. The molecule has 3 rings (SSSR count). The van der Waals surface area contributed by atoms with Crippen LogP contribution < -0.4 is 5.32 Å². The molecule has 8 heteroatoms. The molecule has 5 nitrogen and oxygen atoms in total. The van der Waals surface area contributed by atoms with Crippen LogP contribution in [0.5, 0.6) is 0 Å². The van der Waals surface area contributed by atoms with Gasteiger partial charge in [0.1, 0.15) is 0 Å². The number of rotatable bonds is 10. The number of nitrogens with one attached hydrogen (secondary N) is 1. The van der Waals surface area contributed by atoms with Crippen LogP contribution in [-0.4, -0.2) is 35.8 Å². The Morgan fingerprint density at radius 2 is 1.82 bits per heavy atom. The number of ketones is 1. The summed E-state index contributed by atoms with van der Waals surface area (Å²) in [5.41, 5.74) is 3.79. The van der Waals surface area contributed by atoms with E-state index in [2.05, 4.69) is 17.0 Å². The van der Waals surface area contributed by atoms with Crippen molar-refractivity contribution in [3.8, 4) is 22.4 Å². The normalized spacial score (nSPS) is 11.5. The van der Waals surface area contributed by atoms with Crippen LogP contribution in [0.4, 0.5) is 13.2 Å². The van der Waals surface area contributed by atoms with Crippen LogP contribution in [0.1, 0.15) is 18.1 Å². The quantitative estimate of drug-likeness (QED) is 0.430. The fourth-order valence-electron chi connectivity index (χ4n) is 3.29. The van der Waals surface area contributed by atoms with Crippen molar-refractivity contribution in [1.82, 2.24) is 15.1 Å². The van der Waals surface area contributed by atoms with Gasteiger partial charge in [-0.05, 0) is 47.9 Å². The Labute approximate surface area is 190 Å². The molecule has 0 atom stereocenters. The van der Waals surface area contributed by atoms with Crippen molar-refractivity contribution in [2.75, 3.05) is 20.3 Å². The number of carbonyl (C=O) groups excluding carboxylic acids is 1. The summed E-state index contributed by atoms with van der Waals surface area (Å²) in [4.78, 5) is 11.4. The monoisotopic (exact) mass is 457 g/mol. The summed E-state index contributed by atoms with van der Waals surface area (Å²) < 4.78 is 45.6. The molecule has 0 radical (unpaired) electrons. The topological polar surface area (TPSA) is 56.1 Å². The van der Waals surface area contributed by atoms with Crippen molar-refractivity contribution in [3.05, 3.63) is 78.0 Å². The highest BCUT2D eigenvalue weighted by Crippen LogP contribution is 2.33. The number of halogens is 3. The summed E-state index contributed by atoms with van der Waals surface area (Å²) in [5, 5.41) is 7.84. The molecule has 1 heterocycles. The van der Waals surface area contributed by atoms with Crippen LogP contribution >= 0.6 is 0 Å². The minimum Gasteiger partial charge on any atom is -0.383 e. The molecule has 0 amide bonds. The summed E-state index contributed by atoms with van der Waals surface area (Å²) in [5.74, 6) is -0.0720. The number of hydrogen-bond acceptors (Lipinski definition) is 4. The number of nitrogens with zero attached hydrogens (tertiary/aromatic N) is 2. The molecule has 3 aromatic rings. The molecule has 1 N–H and O–H groups in total. The number of alkyl halides is 3. The first-order valence-corrected chi connectivity index (χ1v) is 10.4. The molecule has 0 unspecified atom stereocenters. The van der Waals surface area contributed by atoms with Crippen LogP contribution in [0.25, 0.3) is 22.4 Å². The number of methoxy groups -OCH3 is 1. The Hall–Kier alpha value is -3.23. The third kappa shape index (κ3) is 6.40. The molecule has 1 aromatic heterocycles. The van der Waals surface area contributed by atoms with Gasteiger partial charge in [-0.2, -0.15) is 18.3 Å². The average Bonchev–Trinajstić information content (AvgIpc) is 3.26. The molecule has 174 valence electrons. The zero-order valence-electron chi connectivity index (χ0n) is 18.6. The third-order valence-electron chi connectivity index (χ3n) is 5.25. The van der Waals surface area contributed by atoms with Gasteiger partial charge in [0.25, 0.3) is 0 Å². The van der Waals surface area contributed by atoms with Crippen molar-refractivity contribution in [1.29, 1.82) is 0 Å². The lowest BCUT2D eigenvalue weighted by Crippen LogP contribution is -2.19. The molecule has 0 aliphatic heterocycles. The Kier molecular flexibility index (Phi) is 7.84. The van der Waals surface area contributed by atoms with Gasteiger partial charge in [-0.15, -0.1) is 0 Å². The first-order valence-electron chi connectivity index (χ1n) is 10.4. The van der Waals surface area contributed by atoms with Crippen LogP contribution in [0.2, 0.25) is 0 Å². The molecule has 0 bridgehead atoms. The summed E-state index contributed by atoms with van der Waals surface area (Å²) in [7, 11) is 1.62. The smallest absolute Gasteiger partial charge is 0.383 e. The minimum atomic E-state index is -4.38. The molecule has 33 heavy (non-hydrogen) atoms. The first-order chi connectivity index (χ1) is 15.7. The average molecular weight is 457 g/mol. The van der Waals surface area contributed by atoms with Crippen LogP contribution in [0.15, 0.2) is 66.9 Å². The van der Waals surface area contributed by atoms with E-state index < -0.39 is 11.7 Å². The summed E-state index contributed by atoms with van der Waals surface area (Å²) in [6.45, 7) is 7.18. The predicted molar refractivity (Wildman–Crippen MR) is 122 cm³/mol. The van der Waals surface area contributed by atoms with Crippen molar-refractivity contribution < 1.29 is 22.7 Å². The Balaban J connectivity index is 1.92. The van der Waals surface area contributed by atoms with Gasteiger partial charge in [0.05, 0.1) is 24.4 Å². The van der Waals surface area contributed by atoms with Crippen LogP contribution in [0, 0.1) is 0 Å². The summed E-state index contributed by atoms with van der Waals surface area (Å²) >= 11 is 0. The van der Waals surface area contributed by atoms with Crippen molar-refractivity contribution in [2.24, 2.45) is 0 Å². The molecule has 0 saturated carbocycles. The second kappa shape index (κ2) is 10.6. The number of ether oxygens (including phenoxy) is 1. The fourth-order valence-corrected chi connectivity index (χ4v) is 3.29. The number of benzene rings is 2. The zero-order valence-corrected chi connectivity index (χ0v) is 18.6. The van der Waals surface area contributed by atoms with Crippen LogP contribution in [0.3, 0.4) is 0 Å². The van der Waals surface area contributed by atoms with Crippen molar-refractivity contribution >= 4 is 5.78 Å². The molecular weight excluding hydrogens is 431 g/mol. The molecule has 0 fully saturated rings. The Bertz CT molecular complexity index is 1120. The van der Waals surface area contributed by atoms with Crippen molar-refractivity contribution in [2.45, 2.75) is 26.2 Å². The highest BCUT2D eigenvalue weighted by atomic mass is 19.4. The van der Waals surface area contributed by atoms with E-state index in [1.807, 2.05) is 30.5 Å². The van der Waals surface area contributed by atoms with Gasteiger partial charge in [0, 0.05) is 37.5 Å². The van der Waals surface area contributed by atoms with Crippen molar-refractivity contribution in [3.63, 3.8) is 0 Å². The summed E-state index contributed by atoms with van der Waals surface area (Å²) in [6.07, 6.45) is -2.52. The van der Waals surface area contributed by atoms with Crippen LogP contribution in [-0.2, 0) is 28.8 Å². The molecule has 2 aromatic carbocycles. The van der Waals surface area contributed by atoms with E-state index in [0.29, 0.717) is 37.4 Å². The minimum absolute atomic E-state index is 0.0720. The molecule has 0 aliphatic rings. The molecular formula is C25H26F3N3O2. The standard InChI is InChI=1S/C25H26F3N3O2/c1-17(18(2)32)15-29-16-21-5-4-20(19-6-8-22(9-7-19)25(26,27)28)14-23(21)24-10-11-31(30-24)12-13-33-3/h4-11,14,29H,1,12-13,15-16H2,2-3H3. The largest absolute Gasteiger partial charge is 0.416 e. The van der Waals surface area contributed by atoms with E-state index in [0.717, 1.165) is 34.5 Å². The lowest BCUT2D eigenvalue weighted by molar-refractivity contribution is -0.137.